The van der Waals surface area contributed by atoms with Gasteiger partial charge in [0.1, 0.15) is 17.5 Å². The first-order chi connectivity index (χ1) is 15.4. The number of hydrogen-bond acceptors (Lipinski definition) is 6. The maximum absolute atomic E-state index is 12.2. The van der Waals surface area contributed by atoms with E-state index in [2.05, 4.69) is 48.2 Å². The first-order valence-corrected chi connectivity index (χ1v) is 11.3. The van der Waals surface area contributed by atoms with E-state index >= 15 is 0 Å². The van der Waals surface area contributed by atoms with Crippen LogP contribution in [0.5, 0.6) is 0 Å². The molecule has 0 radical (unpaired) electrons. The summed E-state index contributed by atoms with van der Waals surface area (Å²) in [5.41, 5.74) is 4.39. The SMILES string of the molecule is Cc1nc([C@@H]2CCN(Cc3cc4ccccc4nc3N(C)C)C2)nc2c1CCC(=O)N2C. The van der Waals surface area contributed by atoms with Crippen molar-refractivity contribution in [2.45, 2.75) is 38.6 Å². The second-order valence-corrected chi connectivity index (χ2v) is 9.20. The van der Waals surface area contributed by atoms with Gasteiger partial charge in [0, 0.05) is 68.8 Å². The Hall–Kier alpha value is -3.06. The molecule has 0 aliphatic carbocycles. The highest BCUT2D eigenvalue weighted by atomic mass is 16.2. The first kappa shape index (κ1) is 20.8. The number of carbonyl (C=O) groups excluding carboxylic acids is 1. The van der Waals surface area contributed by atoms with Crippen LogP contribution in [0.4, 0.5) is 11.6 Å². The van der Waals surface area contributed by atoms with Gasteiger partial charge in [-0.25, -0.2) is 15.0 Å². The van der Waals surface area contributed by atoms with Crippen molar-refractivity contribution in [2.75, 3.05) is 44.0 Å². The Morgan fingerprint density at radius 2 is 1.94 bits per heavy atom. The average molecular weight is 431 g/mol. The Balaban J connectivity index is 1.38. The minimum Gasteiger partial charge on any atom is -0.362 e. The highest BCUT2D eigenvalue weighted by molar-refractivity contribution is 5.94. The molecule has 1 atom stereocenters. The van der Waals surface area contributed by atoms with E-state index in [0.717, 1.165) is 66.7 Å². The topological polar surface area (TPSA) is 65.5 Å². The van der Waals surface area contributed by atoms with Crippen LogP contribution >= 0.6 is 0 Å². The summed E-state index contributed by atoms with van der Waals surface area (Å²) in [7, 11) is 5.93. The van der Waals surface area contributed by atoms with Crippen molar-refractivity contribution in [3.63, 3.8) is 0 Å². The van der Waals surface area contributed by atoms with Crippen molar-refractivity contribution in [3.8, 4) is 0 Å². The van der Waals surface area contributed by atoms with E-state index in [1.165, 1.54) is 10.9 Å². The van der Waals surface area contributed by atoms with Crippen LogP contribution in [0.3, 0.4) is 0 Å². The molecule has 0 bridgehead atoms. The fraction of sp³-hybridized carbons (Fsp3) is 0.440. The molecule has 1 amide bonds. The second kappa shape index (κ2) is 8.13. The zero-order valence-electron chi connectivity index (χ0n) is 19.3. The summed E-state index contributed by atoms with van der Waals surface area (Å²) in [6.07, 6.45) is 2.30. The lowest BCUT2D eigenvalue weighted by molar-refractivity contribution is -0.118. The van der Waals surface area contributed by atoms with Crippen molar-refractivity contribution >= 4 is 28.4 Å². The van der Waals surface area contributed by atoms with Gasteiger partial charge in [-0.15, -0.1) is 0 Å². The Labute approximate surface area is 189 Å². The van der Waals surface area contributed by atoms with Gasteiger partial charge in [-0.1, -0.05) is 18.2 Å². The fourth-order valence-corrected chi connectivity index (χ4v) is 4.95. The number of para-hydroxylation sites is 1. The van der Waals surface area contributed by atoms with Gasteiger partial charge < -0.3 is 4.90 Å². The second-order valence-electron chi connectivity index (χ2n) is 9.20. The van der Waals surface area contributed by atoms with Crippen molar-refractivity contribution in [2.24, 2.45) is 0 Å². The molecule has 2 aliphatic rings. The molecule has 166 valence electrons. The maximum Gasteiger partial charge on any atom is 0.228 e. The third-order valence-electron chi connectivity index (χ3n) is 6.73. The quantitative estimate of drug-likeness (QED) is 0.633. The molecule has 2 aromatic heterocycles. The van der Waals surface area contributed by atoms with Gasteiger partial charge in [-0.3, -0.25) is 14.6 Å². The summed E-state index contributed by atoms with van der Waals surface area (Å²) in [4.78, 5) is 33.1. The fourth-order valence-electron chi connectivity index (χ4n) is 4.95. The normalized spacial score (nSPS) is 18.9. The van der Waals surface area contributed by atoms with E-state index in [0.29, 0.717) is 6.42 Å². The summed E-state index contributed by atoms with van der Waals surface area (Å²) < 4.78 is 0. The predicted molar refractivity (Wildman–Crippen MR) is 127 cm³/mol. The Morgan fingerprint density at radius 1 is 1.12 bits per heavy atom. The lowest BCUT2D eigenvalue weighted by Crippen LogP contribution is -2.33. The van der Waals surface area contributed by atoms with Gasteiger partial charge in [0.2, 0.25) is 5.91 Å². The van der Waals surface area contributed by atoms with Crippen LogP contribution < -0.4 is 9.80 Å². The van der Waals surface area contributed by atoms with Crippen molar-refractivity contribution in [3.05, 3.63) is 53.0 Å². The number of benzene rings is 1. The Kier molecular flexibility index (Phi) is 5.29. The molecule has 0 spiro atoms. The van der Waals surface area contributed by atoms with Crippen LogP contribution in [-0.4, -0.2) is 60.0 Å². The maximum atomic E-state index is 12.2. The number of pyridine rings is 1. The molecule has 32 heavy (non-hydrogen) atoms. The summed E-state index contributed by atoms with van der Waals surface area (Å²) in [6, 6.07) is 10.6. The third-order valence-corrected chi connectivity index (χ3v) is 6.73. The Bertz CT molecular complexity index is 1190. The van der Waals surface area contributed by atoms with Gasteiger partial charge in [-0.2, -0.15) is 0 Å². The predicted octanol–water partition coefficient (Wildman–Crippen LogP) is 3.30. The zero-order valence-corrected chi connectivity index (χ0v) is 19.3. The van der Waals surface area contributed by atoms with Gasteiger partial charge >= 0.3 is 0 Å². The standard InChI is InChI=1S/C25H30N6O/c1-16-20-9-10-22(32)30(4)25(20)28-23(26-16)18-11-12-31(14-18)15-19-13-17-7-5-6-8-21(17)27-24(19)29(2)3/h5-8,13,18H,9-12,14-15H2,1-4H3/t18-/m1/s1. The summed E-state index contributed by atoms with van der Waals surface area (Å²) in [5.74, 6) is 3.11. The molecular formula is C25H30N6O. The molecule has 1 saturated heterocycles. The first-order valence-electron chi connectivity index (χ1n) is 11.3. The minimum atomic E-state index is 0.134. The number of nitrogens with zero attached hydrogens (tertiary/aromatic N) is 6. The molecule has 0 saturated carbocycles. The van der Waals surface area contributed by atoms with Gasteiger partial charge in [0.15, 0.2) is 0 Å². The number of likely N-dealkylation sites (tertiary alicyclic amines) is 1. The molecule has 4 heterocycles. The Morgan fingerprint density at radius 3 is 2.75 bits per heavy atom. The minimum absolute atomic E-state index is 0.134. The molecule has 5 rings (SSSR count). The molecular weight excluding hydrogens is 400 g/mol. The average Bonchev–Trinajstić information content (AvgIpc) is 3.24. The smallest absolute Gasteiger partial charge is 0.228 e. The van der Waals surface area contributed by atoms with Crippen LogP contribution in [0.1, 0.15) is 41.4 Å². The van der Waals surface area contributed by atoms with Crippen molar-refractivity contribution in [1.29, 1.82) is 0 Å². The summed E-state index contributed by atoms with van der Waals surface area (Å²) in [5, 5.41) is 1.17. The van der Waals surface area contributed by atoms with E-state index < -0.39 is 0 Å². The molecule has 1 aromatic carbocycles. The third kappa shape index (κ3) is 3.71. The van der Waals surface area contributed by atoms with Crippen molar-refractivity contribution in [1.82, 2.24) is 19.9 Å². The van der Waals surface area contributed by atoms with Crippen LogP contribution in [-0.2, 0) is 17.8 Å². The summed E-state index contributed by atoms with van der Waals surface area (Å²) in [6.45, 7) is 4.81. The number of anilines is 2. The molecule has 0 N–H and O–H groups in total. The number of fused-ring (bicyclic) bond motifs is 2. The molecule has 0 unspecified atom stereocenters. The monoisotopic (exact) mass is 430 g/mol. The van der Waals surface area contributed by atoms with Gasteiger partial charge in [-0.05, 0) is 38.4 Å². The van der Waals surface area contributed by atoms with E-state index in [1.807, 2.05) is 20.0 Å². The zero-order chi connectivity index (χ0) is 22.4. The van der Waals surface area contributed by atoms with Crippen LogP contribution in [0.25, 0.3) is 10.9 Å². The number of aryl methyl sites for hydroxylation is 1. The largest absolute Gasteiger partial charge is 0.362 e. The van der Waals surface area contributed by atoms with E-state index in [-0.39, 0.29) is 11.8 Å². The highest BCUT2D eigenvalue weighted by Crippen LogP contribution is 2.33. The molecule has 7 heteroatoms. The van der Waals surface area contributed by atoms with Crippen LogP contribution in [0.15, 0.2) is 30.3 Å². The summed E-state index contributed by atoms with van der Waals surface area (Å²) >= 11 is 0. The molecule has 7 nitrogen and oxygen atoms in total. The highest BCUT2D eigenvalue weighted by Gasteiger charge is 2.30. The number of rotatable bonds is 4. The van der Waals surface area contributed by atoms with E-state index in [9.17, 15) is 4.79 Å². The van der Waals surface area contributed by atoms with E-state index in [1.54, 1.807) is 4.90 Å². The van der Waals surface area contributed by atoms with E-state index in [4.69, 9.17) is 15.0 Å². The van der Waals surface area contributed by atoms with Gasteiger partial charge in [0.05, 0.1) is 5.52 Å². The number of aromatic nitrogens is 3. The lowest BCUT2D eigenvalue weighted by atomic mass is 10.0. The number of carbonyl (C=O) groups is 1. The van der Waals surface area contributed by atoms with Crippen molar-refractivity contribution < 1.29 is 4.79 Å². The number of amides is 1. The molecule has 1 fully saturated rings. The molecule has 2 aliphatic heterocycles. The molecule has 3 aromatic rings. The van der Waals surface area contributed by atoms with Gasteiger partial charge in [0.25, 0.3) is 0 Å². The van der Waals surface area contributed by atoms with Crippen LogP contribution in [0, 0.1) is 6.92 Å². The number of hydrogen-bond donors (Lipinski definition) is 0. The van der Waals surface area contributed by atoms with Crippen LogP contribution in [0.2, 0.25) is 0 Å². The lowest BCUT2D eigenvalue weighted by Gasteiger charge is -2.26.